The Morgan fingerprint density at radius 1 is 1.23 bits per heavy atom. The van der Waals surface area contributed by atoms with Gasteiger partial charge in [0, 0.05) is 36.7 Å². The van der Waals surface area contributed by atoms with Crippen LogP contribution in [-0.2, 0) is 9.53 Å². The number of carbonyl (C=O) groups is 1. The fourth-order valence-corrected chi connectivity index (χ4v) is 6.24. The number of rotatable bonds is 10. The first kappa shape index (κ1) is 33.3. The molecule has 1 amide bonds. The highest BCUT2D eigenvalue weighted by Crippen LogP contribution is 2.41. The molecule has 2 atom stereocenters. The number of hydrogen-bond acceptors (Lipinski definition) is 6. The topological polar surface area (TPSA) is 103 Å². The molecule has 0 aliphatic carbocycles. The molecule has 1 saturated heterocycles. The predicted octanol–water partition coefficient (Wildman–Crippen LogP) is 6.92. The summed E-state index contributed by atoms with van der Waals surface area (Å²) in [6.45, 7) is 19.0. The van der Waals surface area contributed by atoms with Gasteiger partial charge in [0.25, 0.3) is 0 Å². The number of carbonyl (C=O) groups excluding carboxylic acids is 1. The maximum absolute atomic E-state index is 13.5. The molecule has 44 heavy (non-hydrogen) atoms. The van der Waals surface area contributed by atoms with Crippen molar-refractivity contribution in [3.05, 3.63) is 65.4 Å². The summed E-state index contributed by atoms with van der Waals surface area (Å²) in [5, 5.41) is 17.1. The van der Waals surface area contributed by atoms with Gasteiger partial charge in [-0.05, 0) is 107 Å². The molecule has 3 N–H and O–H groups in total. The number of aromatic nitrogens is 2. The third-order valence-electron chi connectivity index (χ3n) is 8.80. The molecule has 8 heteroatoms. The van der Waals surface area contributed by atoms with Gasteiger partial charge in [-0.25, -0.2) is 0 Å². The molecular formula is C36H50N4O4. The predicted molar refractivity (Wildman–Crippen MR) is 177 cm³/mol. The van der Waals surface area contributed by atoms with Crippen molar-refractivity contribution in [3.63, 3.8) is 0 Å². The highest BCUT2D eigenvalue weighted by molar-refractivity contribution is 6.05. The largest absolute Gasteiger partial charge is 0.496 e. The number of piperidine rings is 1. The Hall–Kier alpha value is -3.58. The first-order valence-corrected chi connectivity index (χ1v) is 15.7. The SMILES string of the molecule is C=C=C(CCC(CC)n1cc(-c2ccc(OC)c3c(C)c(C(N)C(=O)N4CCC(C)(O)CC4)cc(C)c23)cn1)OC(C)(C)C. The van der Waals surface area contributed by atoms with Crippen LogP contribution in [0.4, 0.5) is 0 Å². The van der Waals surface area contributed by atoms with Crippen molar-refractivity contribution in [2.24, 2.45) is 5.73 Å². The highest BCUT2D eigenvalue weighted by atomic mass is 16.5. The first-order chi connectivity index (χ1) is 20.7. The first-order valence-electron chi connectivity index (χ1n) is 15.7. The number of hydrogen-bond donors (Lipinski definition) is 2. The maximum atomic E-state index is 13.5. The minimum Gasteiger partial charge on any atom is -0.496 e. The van der Waals surface area contributed by atoms with E-state index in [1.807, 2.05) is 57.6 Å². The van der Waals surface area contributed by atoms with Crippen LogP contribution in [0.2, 0.25) is 0 Å². The molecular weight excluding hydrogens is 552 g/mol. The van der Waals surface area contributed by atoms with Crippen LogP contribution >= 0.6 is 0 Å². The van der Waals surface area contributed by atoms with E-state index in [0.29, 0.717) is 25.9 Å². The second-order valence-corrected chi connectivity index (χ2v) is 13.4. The van der Waals surface area contributed by atoms with Crippen molar-refractivity contribution >= 4 is 16.7 Å². The summed E-state index contributed by atoms with van der Waals surface area (Å²) in [7, 11) is 1.67. The van der Waals surface area contributed by atoms with Crippen LogP contribution in [0.3, 0.4) is 0 Å². The molecule has 2 aromatic carbocycles. The molecule has 2 heterocycles. The van der Waals surface area contributed by atoms with Crippen LogP contribution < -0.4 is 10.5 Å². The van der Waals surface area contributed by atoms with Gasteiger partial charge in [-0.15, -0.1) is 0 Å². The van der Waals surface area contributed by atoms with Crippen molar-refractivity contribution in [1.82, 2.24) is 14.7 Å². The number of aliphatic hydroxyl groups is 1. The Morgan fingerprint density at radius 3 is 2.50 bits per heavy atom. The summed E-state index contributed by atoms with van der Waals surface area (Å²) in [5.74, 6) is 1.39. The number of ether oxygens (including phenoxy) is 2. The molecule has 0 radical (unpaired) electrons. The van der Waals surface area contributed by atoms with Gasteiger partial charge < -0.3 is 25.2 Å². The van der Waals surface area contributed by atoms with E-state index in [0.717, 1.165) is 69.4 Å². The summed E-state index contributed by atoms with van der Waals surface area (Å²) in [4.78, 5) is 15.3. The van der Waals surface area contributed by atoms with E-state index in [-0.39, 0.29) is 17.6 Å². The number of methoxy groups -OCH3 is 1. The summed E-state index contributed by atoms with van der Waals surface area (Å²) < 4.78 is 13.9. The fourth-order valence-electron chi connectivity index (χ4n) is 6.24. The summed E-state index contributed by atoms with van der Waals surface area (Å²) in [6, 6.07) is 5.49. The molecule has 1 aliphatic rings. The third-order valence-corrected chi connectivity index (χ3v) is 8.80. The van der Waals surface area contributed by atoms with Gasteiger partial charge in [-0.2, -0.15) is 5.10 Å². The van der Waals surface area contributed by atoms with Gasteiger partial charge in [-0.3, -0.25) is 9.48 Å². The van der Waals surface area contributed by atoms with Crippen molar-refractivity contribution in [2.75, 3.05) is 20.2 Å². The molecule has 4 rings (SSSR count). The van der Waals surface area contributed by atoms with Crippen LogP contribution in [0.25, 0.3) is 21.9 Å². The van der Waals surface area contributed by atoms with Crippen LogP contribution in [-0.4, -0.2) is 57.1 Å². The van der Waals surface area contributed by atoms with Crippen LogP contribution in [0.15, 0.2) is 48.7 Å². The second-order valence-electron chi connectivity index (χ2n) is 13.4. The second kappa shape index (κ2) is 13.2. The summed E-state index contributed by atoms with van der Waals surface area (Å²) >= 11 is 0. The number of fused-ring (bicyclic) bond motifs is 1. The van der Waals surface area contributed by atoms with Gasteiger partial charge in [0.15, 0.2) is 0 Å². The standard InChI is InChI=1S/C36H50N4O4/c1-10-26(12-13-27(11-2)44-35(5,6)7)40-22-25(21-38-40)28-14-15-30(43-9)32-24(4)29(20-23(3)31(28)32)33(37)34(41)39-18-16-36(8,42)17-19-39/h14-15,20-22,26,33,42H,2,10,12-13,16-19,37H2,1,3-9H3. The van der Waals surface area contributed by atoms with Crippen LogP contribution in [0.5, 0.6) is 5.75 Å². The molecule has 1 aliphatic heterocycles. The number of aryl methyl sites for hydroxylation is 2. The van der Waals surface area contributed by atoms with E-state index in [4.69, 9.17) is 20.3 Å². The maximum Gasteiger partial charge on any atom is 0.244 e. The van der Waals surface area contributed by atoms with E-state index in [2.05, 4.69) is 38.4 Å². The summed E-state index contributed by atoms with van der Waals surface area (Å²) in [5.41, 5.74) is 13.4. The molecule has 2 unspecified atom stereocenters. The van der Waals surface area contributed by atoms with Gasteiger partial charge in [0.1, 0.15) is 23.2 Å². The Labute approximate surface area is 262 Å². The smallest absolute Gasteiger partial charge is 0.244 e. The van der Waals surface area contributed by atoms with Crippen molar-refractivity contribution < 1.29 is 19.4 Å². The molecule has 8 nitrogen and oxygen atoms in total. The lowest BCUT2D eigenvalue weighted by molar-refractivity contribution is -0.136. The minimum absolute atomic E-state index is 0.119. The van der Waals surface area contributed by atoms with Crippen LogP contribution in [0.1, 0.15) is 95.5 Å². The van der Waals surface area contributed by atoms with Gasteiger partial charge >= 0.3 is 0 Å². The Morgan fingerprint density at radius 2 is 1.91 bits per heavy atom. The van der Waals surface area contributed by atoms with E-state index in [1.165, 1.54) is 0 Å². The van der Waals surface area contributed by atoms with Gasteiger partial charge in [-0.1, -0.05) is 25.3 Å². The number of likely N-dealkylation sites (tertiary alicyclic amines) is 1. The number of benzene rings is 2. The normalized spacial score (nSPS) is 16.4. The van der Waals surface area contributed by atoms with Gasteiger partial charge in [0.2, 0.25) is 5.91 Å². The molecule has 0 bridgehead atoms. The lowest BCUT2D eigenvalue weighted by atomic mass is 9.87. The van der Waals surface area contributed by atoms with Crippen molar-refractivity contribution in [3.8, 4) is 16.9 Å². The van der Waals surface area contributed by atoms with E-state index in [1.54, 1.807) is 12.0 Å². The molecule has 0 spiro atoms. The average molecular weight is 603 g/mol. The lowest BCUT2D eigenvalue weighted by Gasteiger charge is -2.37. The number of nitrogens with zero attached hydrogens (tertiary/aromatic N) is 3. The van der Waals surface area contributed by atoms with Crippen molar-refractivity contribution in [1.29, 1.82) is 0 Å². The van der Waals surface area contributed by atoms with Gasteiger partial charge in [0.05, 0.1) is 24.9 Å². The molecule has 3 aromatic rings. The van der Waals surface area contributed by atoms with E-state index < -0.39 is 11.6 Å². The molecule has 0 saturated carbocycles. The number of allylic oxidation sites excluding steroid dienone is 1. The third kappa shape index (κ3) is 7.20. The van der Waals surface area contributed by atoms with Crippen LogP contribution in [0, 0.1) is 13.8 Å². The number of amides is 1. The van der Waals surface area contributed by atoms with Crippen molar-refractivity contribution in [2.45, 2.75) is 104 Å². The molecule has 1 aromatic heterocycles. The van der Waals surface area contributed by atoms with E-state index >= 15 is 0 Å². The Balaban J connectivity index is 1.67. The number of nitrogens with two attached hydrogens (primary N) is 1. The minimum atomic E-state index is -0.806. The monoisotopic (exact) mass is 602 g/mol. The zero-order valence-electron chi connectivity index (χ0n) is 27.8. The summed E-state index contributed by atoms with van der Waals surface area (Å²) in [6.07, 6.45) is 7.63. The zero-order chi connectivity index (χ0) is 32.4. The Bertz CT molecular complexity index is 1550. The molecule has 238 valence electrons. The highest BCUT2D eigenvalue weighted by Gasteiger charge is 2.33. The fraction of sp³-hybridized carbons (Fsp3) is 0.528. The molecule has 1 fully saturated rings. The quantitative estimate of drug-likeness (QED) is 0.193. The lowest BCUT2D eigenvalue weighted by Crippen LogP contribution is -2.48. The zero-order valence-corrected chi connectivity index (χ0v) is 27.8. The average Bonchev–Trinajstić information content (AvgIpc) is 3.46. The Kier molecular flexibility index (Phi) is 9.99. The van der Waals surface area contributed by atoms with E-state index in [9.17, 15) is 9.90 Å².